The summed E-state index contributed by atoms with van der Waals surface area (Å²) >= 11 is 4.80. The molecule has 4 nitrogen and oxygen atoms in total. The number of anilines is 2. The van der Waals surface area contributed by atoms with Gasteiger partial charge >= 0.3 is 0 Å². The number of pyridine rings is 1. The van der Waals surface area contributed by atoms with E-state index in [1.807, 2.05) is 6.92 Å². The Hall–Kier alpha value is -2.21. The fourth-order valence-electron chi connectivity index (χ4n) is 1.61. The Morgan fingerprint density at radius 2 is 2.20 bits per heavy atom. The Bertz CT molecular complexity index is 616. The first-order chi connectivity index (χ1) is 9.60. The first-order valence-corrected chi connectivity index (χ1v) is 6.46. The quantitative estimate of drug-likeness (QED) is 0.829. The minimum atomic E-state index is -0.427. The van der Waals surface area contributed by atoms with Crippen LogP contribution in [0.15, 0.2) is 36.5 Å². The molecule has 0 spiro atoms. The van der Waals surface area contributed by atoms with Crippen LogP contribution in [-0.4, -0.2) is 16.6 Å². The number of halogens is 1. The summed E-state index contributed by atoms with van der Waals surface area (Å²) in [6, 6.07) is 8.02. The topological polar surface area (TPSA) is 60.2 Å². The predicted octanol–water partition coefficient (Wildman–Crippen LogP) is 3.00. The van der Waals surface area contributed by atoms with Crippen LogP contribution in [0.2, 0.25) is 0 Å². The molecule has 2 rings (SSSR count). The third-order valence-electron chi connectivity index (χ3n) is 2.56. The summed E-state index contributed by atoms with van der Waals surface area (Å²) in [7, 11) is 0. The second-order valence-electron chi connectivity index (χ2n) is 4.00. The second kappa shape index (κ2) is 6.29. The van der Waals surface area contributed by atoms with E-state index in [-0.39, 0.29) is 4.99 Å². The fourth-order valence-corrected chi connectivity index (χ4v) is 1.74. The molecule has 1 aromatic heterocycles. The van der Waals surface area contributed by atoms with Gasteiger partial charge in [0.25, 0.3) is 0 Å². The van der Waals surface area contributed by atoms with Crippen LogP contribution in [-0.2, 0) is 0 Å². The number of aromatic nitrogens is 1. The number of ether oxygens (including phenoxy) is 1. The van der Waals surface area contributed by atoms with Crippen molar-refractivity contribution in [3.05, 3.63) is 47.9 Å². The maximum atomic E-state index is 13.9. The van der Waals surface area contributed by atoms with Crippen molar-refractivity contribution in [3.8, 4) is 5.88 Å². The number of nitrogens with two attached hydrogens (primary N) is 1. The molecule has 0 aliphatic heterocycles. The minimum Gasteiger partial charge on any atom is -0.478 e. The molecule has 0 fully saturated rings. The van der Waals surface area contributed by atoms with Crippen LogP contribution in [0.1, 0.15) is 12.5 Å². The van der Waals surface area contributed by atoms with E-state index in [0.29, 0.717) is 29.4 Å². The van der Waals surface area contributed by atoms with Gasteiger partial charge in [-0.05, 0) is 31.2 Å². The zero-order valence-corrected chi connectivity index (χ0v) is 11.7. The molecule has 1 aromatic carbocycles. The lowest BCUT2D eigenvalue weighted by Gasteiger charge is -2.09. The van der Waals surface area contributed by atoms with Crippen LogP contribution in [0.3, 0.4) is 0 Å². The van der Waals surface area contributed by atoms with Crippen molar-refractivity contribution in [1.82, 2.24) is 4.98 Å². The molecule has 6 heteroatoms. The molecule has 0 radical (unpaired) electrons. The summed E-state index contributed by atoms with van der Waals surface area (Å²) in [5.41, 5.74) is 6.94. The third kappa shape index (κ3) is 3.42. The van der Waals surface area contributed by atoms with Crippen LogP contribution in [0.4, 0.5) is 15.8 Å². The largest absolute Gasteiger partial charge is 0.478 e. The molecular formula is C14H14FN3OS. The fraction of sp³-hybridized carbons (Fsp3) is 0.143. The van der Waals surface area contributed by atoms with Gasteiger partial charge in [-0.2, -0.15) is 0 Å². The van der Waals surface area contributed by atoms with Gasteiger partial charge in [-0.15, -0.1) is 0 Å². The summed E-state index contributed by atoms with van der Waals surface area (Å²) in [5.74, 6) is 0.103. The number of hydrogen-bond acceptors (Lipinski definition) is 4. The average molecular weight is 291 g/mol. The Labute approximate surface area is 121 Å². The Morgan fingerprint density at radius 3 is 2.75 bits per heavy atom. The Morgan fingerprint density at radius 1 is 1.40 bits per heavy atom. The number of thiocarbonyl (C=S) groups is 1. The summed E-state index contributed by atoms with van der Waals surface area (Å²) < 4.78 is 19.1. The zero-order chi connectivity index (χ0) is 14.5. The molecule has 0 aliphatic rings. The van der Waals surface area contributed by atoms with Crippen LogP contribution in [0.25, 0.3) is 0 Å². The summed E-state index contributed by atoms with van der Waals surface area (Å²) in [6.07, 6.45) is 1.58. The smallest absolute Gasteiger partial charge is 0.213 e. The highest BCUT2D eigenvalue weighted by molar-refractivity contribution is 7.80. The van der Waals surface area contributed by atoms with E-state index < -0.39 is 5.82 Å². The highest BCUT2D eigenvalue weighted by Gasteiger charge is 2.06. The van der Waals surface area contributed by atoms with Crippen LogP contribution < -0.4 is 15.8 Å². The Kier molecular flexibility index (Phi) is 4.47. The number of rotatable bonds is 5. The van der Waals surface area contributed by atoms with Gasteiger partial charge in [0.1, 0.15) is 10.8 Å². The first kappa shape index (κ1) is 14.2. The molecule has 0 unspecified atom stereocenters. The molecule has 0 aliphatic carbocycles. The van der Waals surface area contributed by atoms with Crippen LogP contribution in [0.5, 0.6) is 5.88 Å². The van der Waals surface area contributed by atoms with Gasteiger partial charge in [-0.1, -0.05) is 12.2 Å². The number of nitrogens with zero attached hydrogens (tertiary/aromatic N) is 1. The van der Waals surface area contributed by atoms with Crippen LogP contribution in [0, 0.1) is 5.82 Å². The molecule has 20 heavy (non-hydrogen) atoms. The van der Waals surface area contributed by atoms with Gasteiger partial charge in [-0.25, -0.2) is 9.37 Å². The lowest BCUT2D eigenvalue weighted by molar-refractivity contribution is 0.327. The maximum absolute atomic E-state index is 13.9. The van der Waals surface area contributed by atoms with E-state index in [1.165, 1.54) is 6.07 Å². The average Bonchev–Trinajstić information content (AvgIpc) is 2.43. The molecule has 0 amide bonds. The van der Waals surface area contributed by atoms with E-state index in [0.717, 1.165) is 0 Å². The number of benzene rings is 1. The Balaban J connectivity index is 2.15. The van der Waals surface area contributed by atoms with Crippen molar-refractivity contribution in [2.24, 2.45) is 5.73 Å². The van der Waals surface area contributed by atoms with Crippen molar-refractivity contribution in [3.63, 3.8) is 0 Å². The number of hydrogen-bond donors (Lipinski definition) is 2. The van der Waals surface area contributed by atoms with E-state index in [4.69, 9.17) is 22.7 Å². The second-order valence-corrected chi connectivity index (χ2v) is 4.44. The van der Waals surface area contributed by atoms with Gasteiger partial charge in [0, 0.05) is 11.6 Å². The molecule has 0 saturated carbocycles. The molecule has 0 bridgehead atoms. The molecule has 104 valence electrons. The number of nitrogens with one attached hydrogen (secondary N) is 1. The monoisotopic (exact) mass is 291 g/mol. The van der Waals surface area contributed by atoms with Crippen molar-refractivity contribution in [2.75, 3.05) is 11.9 Å². The van der Waals surface area contributed by atoms with E-state index >= 15 is 0 Å². The van der Waals surface area contributed by atoms with Gasteiger partial charge in [0.05, 0.1) is 24.2 Å². The highest BCUT2D eigenvalue weighted by atomic mass is 32.1. The molecule has 0 atom stereocenters. The minimum absolute atomic E-state index is 0.165. The molecule has 1 heterocycles. The van der Waals surface area contributed by atoms with Crippen molar-refractivity contribution >= 4 is 28.6 Å². The van der Waals surface area contributed by atoms with Crippen molar-refractivity contribution in [1.29, 1.82) is 0 Å². The lowest BCUT2D eigenvalue weighted by Crippen LogP contribution is -2.09. The molecular weight excluding hydrogens is 277 g/mol. The molecule has 3 N–H and O–H groups in total. The first-order valence-electron chi connectivity index (χ1n) is 6.05. The molecule has 2 aromatic rings. The molecule has 0 saturated heterocycles. The van der Waals surface area contributed by atoms with E-state index in [1.54, 1.807) is 30.5 Å². The summed E-state index contributed by atoms with van der Waals surface area (Å²) in [6.45, 7) is 2.43. The third-order valence-corrected chi connectivity index (χ3v) is 2.80. The lowest BCUT2D eigenvalue weighted by atomic mass is 10.2. The van der Waals surface area contributed by atoms with Gasteiger partial charge in [0.15, 0.2) is 0 Å². The van der Waals surface area contributed by atoms with E-state index in [9.17, 15) is 4.39 Å². The van der Waals surface area contributed by atoms with E-state index in [2.05, 4.69) is 10.3 Å². The SMILES string of the molecule is CCOc1ccc(Nc2ccc(C(N)=S)cc2F)cn1. The van der Waals surface area contributed by atoms with Crippen molar-refractivity contribution < 1.29 is 9.13 Å². The van der Waals surface area contributed by atoms with Crippen molar-refractivity contribution in [2.45, 2.75) is 6.92 Å². The van der Waals surface area contributed by atoms with Crippen LogP contribution >= 0.6 is 12.2 Å². The normalized spacial score (nSPS) is 10.1. The zero-order valence-electron chi connectivity index (χ0n) is 10.9. The predicted molar refractivity (Wildman–Crippen MR) is 81.0 cm³/mol. The standard InChI is InChI=1S/C14H14FN3OS/c1-2-19-13-6-4-10(8-17-13)18-12-5-3-9(14(16)20)7-11(12)15/h3-8,18H,2H2,1H3,(H2,16,20). The van der Waals surface area contributed by atoms with Gasteiger partial charge in [0.2, 0.25) is 5.88 Å². The summed E-state index contributed by atoms with van der Waals surface area (Å²) in [4.78, 5) is 4.26. The highest BCUT2D eigenvalue weighted by Crippen LogP contribution is 2.21. The maximum Gasteiger partial charge on any atom is 0.213 e. The van der Waals surface area contributed by atoms with Gasteiger partial charge < -0.3 is 15.8 Å². The summed E-state index contributed by atoms with van der Waals surface area (Å²) in [5, 5.41) is 2.93. The van der Waals surface area contributed by atoms with Gasteiger partial charge in [-0.3, -0.25) is 0 Å².